The van der Waals surface area contributed by atoms with Gasteiger partial charge in [-0.05, 0) is 17.5 Å². The predicted octanol–water partition coefficient (Wildman–Crippen LogP) is 2.27. The minimum absolute atomic E-state index is 0.0887. The monoisotopic (exact) mass is 221 g/mol. The maximum atomic E-state index is 11.8. The normalized spacial score (nSPS) is 11.0. The molecule has 0 fully saturated rings. The first-order valence-corrected chi connectivity index (χ1v) is 5.32. The number of rotatable bonds is 2. The van der Waals surface area contributed by atoms with Crippen LogP contribution in [-0.4, -0.2) is 24.6 Å². The summed E-state index contributed by atoms with van der Waals surface area (Å²) in [6.45, 7) is 6.89. The quantitative estimate of drug-likeness (QED) is 0.832. The first-order valence-electron chi connectivity index (χ1n) is 5.32. The van der Waals surface area contributed by atoms with Crippen molar-refractivity contribution in [2.75, 3.05) is 18.5 Å². The van der Waals surface area contributed by atoms with Gasteiger partial charge < -0.3 is 5.32 Å². The van der Waals surface area contributed by atoms with E-state index in [4.69, 9.17) is 0 Å². The first kappa shape index (κ1) is 12.5. The first-order chi connectivity index (χ1) is 7.40. The number of hydrogen-bond donors (Lipinski definition) is 1. The molecule has 0 bridgehead atoms. The highest BCUT2D eigenvalue weighted by atomic mass is 16.2. The number of amides is 2. The van der Waals surface area contributed by atoms with E-state index in [1.807, 2.05) is 12.1 Å². The van der Waals surface area contributed by atoms with Gasteiger partial charge in [0.25, 0.3) is 0 Å². The predicted molar refractivity (Wildman–Crippen MR) is 65.5 cm³/mol. The summed E-state index contributed by atoms with van der Waals surface area (Å²) < 4.78 is 0. The van der Waals surface area contributed by atoms with Crippen molar-refractivity contribution >= 4 is 11.7 Å². The van der Waals surface area contributed by atoms with E-state index in [-0.39, 0.29) is 11.4 Å². The number of anilines is 1. The van der Waals surface area contributed by atoms with Gasteiger partial charge in [-0.25, -0.2) is 4.79 Å². The molecule has 16 heavy (non-hydrogen) atoms. The standard InChI is InChI=1S/C12H19N3O/c1-12(2,3)9-14-11(16)15(4)10-6-5-7-13-8-10/h5-8H,9H2,1-4H3,(H,14,16). The summed E-state index contributed by atoms with van der Waals surface area (Å²) in [7, 11) is 1.73. The maximum absolute atomic E-state index is 11.8. The van der Waals surface area contributed by atoms with Crippen molar-refractivity contribution in [3.8, 4) is 0 Å². The second-order valence-electron chi connectivity index (χ2n) is 4.99. The summed E-state index contributed by atoms with van der Waals surface area (Å²) in [5, 5.41) is 2.88. The zero-order valence-corrected chi connectivity index (χ0v) is 10.3. The highest BCUT2D eigenvalue weighted by Crippen LogP contribution is 2.12. The molecule has 0 aliphatic carbocycles. The van der Waals surface area contributed by atoms with Crippen LogP contribution in [0.15, 0.2) is 24.5 Å². The highest BCUT2D eigenvalue weighted by molar-refractivity contribution is 5.91. The molecular weight excluding hydrogens is 202 g/mol. The SMILES string of the molecule is CN(C(=O)NCC(C)(C)C)c1cccnc1. The molecule has 88 valence electrons. The molecule has 4 nitrogen and oxygen atoms in total. The number of nitrogens with one attached hydrogen (secondary N) is 1. The number of aromatic nitrogens is 1. The van der Waals surface area contributed by atoms with Gasteiger partial charge >= 0.3 is 6.03 Å². The smallest absolute Gasteiger partial charge is 0.321 e. The molecule has 1 aromatic heterocycles. The molecule has 2 amide bonds. The van der Waals surface area contributed by atoms with E-state index in [0.717, 1.165) is 5.69 Å². The van der Waals surface area contributed by atoms with E-state index in [0.29, 0.717) is 6.54 Å². The van der Waals surface area contributed by atoms with Crippen LogP contribution in [-0.2, 0) is 0 Å². The Kier molecular flexibility index (Phi) is 3.88. The van der Waals surface area contributed by atoms with Crippen molar-refractivity contribution < 1.29 is 4.79 Å². The molecule has 0 spiro atoms. The summed E-state index contributed by atoms with van der Waals surface area (Å²) >= 11 is 0. The minimum atomic E-state index is -0.108. The van der Waals surface area contributed by atoms with Crippen LogP contribution in [0.5, 0.6) is 0 Å². The number of urea groups is 1. The van der Waals surface area contributed by atoms with Crippen LogP contribution < -0.4 is 10.2 Å². The summed E-state index contributed by atoms with van der Waals surface area (Å²) in [6.07, 6.45) is 3.35. The second-order valence-corrected chi connectivity index (χ2v) is 4.99. The number of hydrogen-bond acceptors (Lipinski definition) is 2. The van der Waals surface area contributed by atoms with Crippen LogP contribution in [0.4, 0.5) is 10.5 Å². The third-order valence-corrected chi connectivity index (χ3v) is 2.11. The van der Waals surface area contributed by atoms with Gasteiger partial charge in [0.2, 0.25) is 0 Å². The molecule has 0 saturated heterocycles. The zero-order chi connectivity index (χ0) is 12.2. The molecule has 1 rings (SSSR count). The van der Waals surface area contributed by atoms with Crippen molar-refractivity contribution in [1.29, 1.82) is 0 Å². The van der Waals surface area contributed by atoms with E-state index >= 15 is 0 Å². The largest absolute Gasteiger partial charge is 0.337 e. The number of pyridine rings is 1. The molecule has 1 aromatic rings. The van der Waals surface area contributed by atoms with E-state index < -0.39 is 0 Å². The lowest BCUT2D eigenvalue weighted by Gasteiger charge is -2.22. The summed E-state index contributed by atoms with van der Waals surface area (Å²) in [6, 6.07) is 3.55. The summed E-state index contributed by atoms with van der Waals surface area (Å²) in [5.74, 6) is 0. The van der Waals surface area contributed by atoms with Gasteiger partial charge in [-0.15, -0.1) is 0 Å². The fourth-order valence-electron chi connectivity index (χ4n) is 1.13. The van der Waals surface area contributed by atoms with Crippen LogP contribution in [0.1, 0.15) is 20.8 Å². The Bertz CT molecular complexity index is 343. The molecule has 1 heterocycles. The van der Waals surface area contributed by atoms with E-state index in [1.54, 1.807) is 24.3 Å². The van der Waals surface area contributed by atoms with Gasteiger partial charge in [-0.1, -0.05) is 20.8 Å². The lowest BCUT2D eigenvalue weighted by Crippen LogP contribution is -2.41. The minimum Gasteiger partial charge on any atom is -0.337 e. The Morgan fingerprint density at radius 1 is 1.50 bits per heavy atom. The molecule has 4 heteroatoms. The Hall–Kier alpha value is -1.58. The van der Waals surface area contributed by atoms with Gasteiger partial charge in [-0.3, -0.25) is 9.88 Å². The molecule has 0 aliphatic rings. The molecule has 0 atom stereocenters. The van der Waals surface area contributed by atoms with Crippen LogP contribution in [0.3, 0.4) is 0 Å². The Balaban J connectivity index is 2.55. The average Bonchev–Trinajstić information content (AvgIpc) is 2.25. The lowest BCUT2D eigenvalue weighted by atomic mass is 9.97. The number of carbonyl (C=O) groups excluding carboxylic acids is 1. The molecule has 0 saturated carbocycles. The lowest BCUT2D eigenvalue weighted by molar-refractivity contribution is 0.242. The van der Waals surface area contributed by atoms with Crippen LogP contribution >= 0.6 is 0 Å². The molecular formula is C12H19N3O. The van der Waals surface area contributed by atoms with Crippen molar-refractivity contribution in [3.05, 3.63) is 24.5 Å². The fourth-order valence-corrected chi connectivity index (χ4v) is 1.13. The Morgan fingerprint density at radius 3 is 2.69 bits per heavy atom. The van der Waals surface area contributed by atoms with Crippen LogP contribution in [0.2, 0.25) is 0 Å². The van der Waals surface area contributed by atoms with Crippen molar-refractivity contribution in [3.63, 3.8) is 0 Å². The third kappa shape index (κ3) is 3.88. The molecule has 0 radical (unpaired) electrons. The Morgan fingerprint density at radius 2 is 2.19 bits per heavy atom. The number of carbonyl (C=O) groups is 1. The Labute approximate surface area is 96.7 Å². The van der Waals surface area contributed by atoms with Gasteiger partial charge in [-0.2, -0.15) is 0 Å². The van der Waals surface area contributed by atoms with Gasteiger partial charge in [0.15, 0.2) is 0 Å². The molecule has 0 unspecified atom stereocenters. The maximum Gasteiger partial charge on any atom is 0.321 e. The van der Waals surface area contributed by atoms with Crippen molar-refractivity contribution in [2.24, 2.45) is 5.41 Å². The highest BCUT2D eigenvalue weighted by Gasteiger charge is 2.15. The molecule has 0 aromatic carbocycles. The average molecular weight is 221 g/mol. The zero-order valence-electron chi connectivity index (χ0n) is 10.3. The van der Waals surface area contributed by atoms with Crippen LogP contribution in [0.25, 0.3) is 0 Å². The summed E-state index contributed by atoms with van der Waals surface area (Å²) in [4.78, 5) is 17.3. The van der Waals surface area contributed by atoms with Crippen molar-refractivity contribution in [2.45, 2.75) is 20.8 Å². The topological polar surface area (TPSA) is 45.2 Å². The van der Waals surface area contributed by atoms with E-state index in [2.05, 4.69) is 31.1 Å². The van der Waals surface area contributed by atoms with E-state index in [1.165, 1.54) is 0 Å². The van der Waals surface area contributed by atoms with Crippen LogP contribution in [0, 0.1) is 5.41 Å². The second kappa shape index (κ2) is 4.96. The van der Waals surface area contributed by atoms with Crippen molar-refractivity contribution in [1.82, 2.24) is 10.3 Å². The third-order valence-electron chi connectivity index (χ3n) is 2.11. The molecule has 0 aliphatic heterocycles. The summed E-state index contributed by atoms with van der Waals surface area (Å²) in [5.41, 5.74) is 0.875. The van der Waals surface area contributed by atoms with Gasteiger partial charge in [0, 0.05) is 19.8 Å². The fraction of sp³-hybridized carbons (Fsp3) is 0.500. The van der Waals surface area contributed by atoms with E-state index in [9.17, 15) is 4.79 Å². The van der Waals surface area contributed by atoms with Gasteiger partial charge in [0.1, 0.15) is 0 Å². The molecule has 1 N–H and O–H groups in total. The number of nitrogens with zero attached hydrogens (tertiary/aromatic N) is 2. The van der Waals surface area contributed by atoms with Gasteiger partial charge in [0.05, 0.1) is 11.9 Å².